The lowest BCUT2D eigenvalue weighted by molar-refractivity contribution is -0.00501. The molecule has 1 saturated heterocycles. The maximum absolute atomic E-state index is 5.53. The van der Waals surface area contributed by atoms with E-state index in [0.717, 1.165) is 45.1 Å². The monoisotopic (exact) mass is 468 g/mol. The highest BCUT2D eigenvalue weighted by molar-refractivity contribution is 14.0. The van der Waals surface area contributed by atoms with Gasteiger partial charge < -0.3 is 20.3 Å². The van der Waals surface area contributed by atoms with Crippen LogP contribution in [-0.2, 0) is 4.74 Å². The van der Waals surface area contributed by atoms with Crippen LogP contribution in [0.1, 0.15) is 64.7 Å². The summed E-state index contributed by atoms with van der Waals surface area (Å²) in [6.07, 6.45) is 11.5. The first-order chi connectivity index (χ1) is 11.6. The van der Waals surface area contributed by atoms with E-state index in [1.807, 2.05) is 7.05 Å². The highest BCUT2D eigenvalue weighted by Crippen LogP contribution is 2.24. The lowest BCUT2D eigenvalue weighted by Gasteiger charge is -2.43. The summed E-state index contributed by atoms with van der Waals surface area (Å²) in [4.78, 5) is 6.71. The van der Waals surface area contributed by atoms with Crippen LogP contribution in [0.2, 0.25) is 0 Å². The molecule has 1 heterocycles. The predicted octanol–water partition coefficient (Wildman–Crippen LogP) is 3.63. The summed E-state index contributed by atoms with van der Waals surface area (Å²) in [6.45, 7) is 5.89. The molecule has 150 valence electrons. The molecule has 0 aromatic rings. The van der Waals surface area contributed by atoms with Crippen LogP contribution < -0.4 is 10.6 Å². The molecule has 25 heavy (non-hydrogen) atoms. The maximum Gasteiger partial charge on any atom is 0.191 e. The minimum atomic E-state index is 0. The van der Waals surface area contributed by atoms with Crippen molar-refractivity contribution in [2.24, 2.45) is 4.99 Å². The summed E-state index contributed by atoms with van der Waals surface area (Å²) in [5.41, 5.74) is 0.176. The van der Waals surface area contributed by atoms with Crippen LogP contribution in [-0.4, -0.2) is 63.8 Å². The van der Waals surface area contributed by atoms with Crippen molar-refractivity contribution in [1.29, 1.82) is 0 Å². The van der Waals surface area contributed by atoms with Crippen LogP contribution in [0.4, 0.5) is 0 Å². The Balaban J connectivity index is 0.00000576. The van der Waals surface area contributed by atoms with Gasteiger partial charge >= 0.3 is 0 Å². The van der Waals surface area contributed by atoms with Gasteiger partial charge in [0.1, 0.15) is 0 Å². The number of aliphatic imine (C=N–C) groups is 1. The molecule has 0 aromatic carbocycles. The first kappa shape index (κ1) is 24.9. The second-order valence-electron chi connectivity index (χ2n) is 7.21. The Labute approximate surface area is 172 Å². The maximum atomic E-state index is 5.53. The fourth-order valence-corrected chi connectivity index (χ4v) is 3.29. The van der Waals surface area contributed by atoms with Crippen molar-refractivity contribution >= 4 is 29.9 Å². The Bertz CT molecular complexity index is 344. The molecular formula is C19H41IN4O. The quantitative estimate of drug-likeness (QED) is 0.211. The number of unbranched alkanes of at least 4 members (excludes halogenated alkanes) is 6. The Hall–Kier alpha value is -0.0800. The number of rotatable bonds is 11. The van der Waals surface area contributed by atoms with Gasteiger partial charge in [-0.15, -0.1) is 24.0 Å². The van der Waals surface area contributed by atoms with Gasteiger partial charge in [-0.2, -0.15) is 0 Å². The molecule has 0 atom stereocenters. The lowest BCUT2D eigenvalue weighted by Crippen LogP contribution is -2.57. The average molecular weight is 468 g/mol. The van der Waals surface area contributed by atoms with Gasteiger partial charge in [0, 0.05) is 38.9 Å². The molecule has 1 rings (SSSR count). The number of nitrogens with one attached hydrogen (secondary N) is 2. The smallest absolute Gasteiger partial charge is 0.191 e. The number of hydrogen-bond acceptors (Lipinski definition) is 3. The number of guanidine groups is 1. The van der Waals surface area contributed by atoms with Crippen LogP contribution in [0.15, 0.2) is 4.99 Å². The molecule has 0 unspecified atom stereocenters. The molecule has 5 nitrogen and oxygen atoms in total. The summed E-state index contributed by atoms with van der Waals surface area (Å²) in [5.74, 6) is 0.925. The van der Waals surface area contributed by atoms with E-state index >= 15 is 0 Å². The van der Waals surface area contributed by atoms with E-state index in [4.69, 9.17) is 4.74 Å². The lowest BCUT2D eigenvalue weighted by atomic mass is 9.88. The zero-order valence-corrected chi connectivity index (χ0v) is 19.2. The zero-order chi connectivity index (χ0) is 17.7. The van der Waals surface area contributed by atoms with E-state index in [-0.39, 0.29) is 29.5 Å². The van der Waals surface area contributed by atoms with Crippen molar-refractivity contribution in [3.63, 3.8) is 0 Å². The van der Waals surface area contributed by atoms with Crippen molar-refractivity contribution < 1.29 is 4.74 Å². The van der Waals surface area contributed by atoms with E-state index in [2.05, 4.69) is 41.5 Å². The second-order valence-corrected chi connectivity index (χ2v) is 7.21. The molecule has 0 spiro atoms. The summed E-state index contributed by atoms with van der Waals surface area (Å²) >= 11 is 0. The SMILES string of the molecule is CCCCCCCCCNC(=NC)NCC1(N(C)C)CCOCC1.I. The number of likely N-dealkylation sites (N-methyl/N-ethyl adjacent to an activating group) is 1. The van der Waals surface area contributed by atoms with Crippen molar-refractivity contribution in [3.05, 3.63) is 0 Å². The van der Waals surface area contributed by atoms with Crippen molar-refractivity contribution in [2.75, 3.05) is 47.4 Å². The molecule has 6 heteroatoms. The standard InChI is InChI=1S/C19H40N4O.HI/c1-5-6-7-8-9-10-11-14-21-18(20-2)22-17-19(23(3)4)12-15-24-16-13-19;/h5-17H2,1-4H3,(H2,20,21,22);1H. The molecule has 0 radical (unpaired) electrons. The first-order valence-electron chi connectivity index (χ1n) is 9.84. The second kappa shape index (κ2) is 15.0. The molecule has 0 saturated carbocycles. The van der Waals surface area contributed by atoms with Crippen LogP contribution in [0, 0.1) is 0 Å². The molecule has 1 fully saturated rings. The summed E-state index contributed by atoms with van der Waals surface area (Å²) in [5, 5.41) is 6.98. The minimum absolute atomic E-state index is 0. The van der Waals surface area contributed by atoms with Crippen molar-refractivity contribution in [1.82, 2.24) is 15.5 Å². The molecule has 0 aromatic heterocycles. The Morgan fingerprint density at radius 3 is 2.16 bits per heavy atom. The summed E-state index contributed by atoms with van der Waals surface area (Å²) in [6, 6.07) is 0. The Kier molecular flexibility index (Phi) is 15.0. The topological polar surface area (TPSA) is 48.9 Å². The van der Waals surface area contributed by atoms with Gasteiger partial charge in [0.2, 0.25) is 0 Å². The molecule has 0 bridgehead atoms. The highest BCUT2D eigenvalue weighted by Gasteiger charge is 2.34. The number of ether oxygens (including phenoxy) is 1. The Morgan fingerprint density at radius 2 is 1.60 bits per heavy atom. The van der Waals surface area contributed by atoms with Crippen LogP contribution in [0.3, 0.4) is 0 Å². The highest BCUT2D eigenvalue weighted by atomic mass is 127. The first-order valence-corrected chi connectivity index (χ1v) is 9.84. The summed E-state index contributed by atoms with van der Waals surface area (Å²) < 4.78 is 5.53. The van der Waals surface area contributed by atoms with Gasteiger partial charge in [0.05, 0.1) is 0 Å². The third-order valence-electron chi connectivity index (χ3n) is 5.25. The molecule has 1 aliphatic rings. The number of halogens is 1. The van der Waals surface area contributed by atoms with Gasteiger partial charge in [-0.1, -0.05) is 45.4 Å². The fraction of sp³-hybridized carbons (Fsp3) is 0.947. The predicted molar refractivity (Wildman–Crippen MR) is 119 cm³/mol. The van der Waals surface area contributed by atoms with Crippen molar-refractivity contribution in [2.45, 2.75) is 70.3 Å². The van der Waals surface area contributed by atoms with E-state index in [1.54, 1.807) is 0 Å². The summed E-state index contributed by atoms with van der Waals surface area (Å²) in [7, 11) is 6.19. The zero-order valence-electron chi connectivity index (χ0n) is 16.9. The van der Waals surface area contributed by atoms with Crippen molar-refractivity contribution in [3.8, 4) is 0 Å². The molecule has 0 aliphatic carbocycles. The normalized spacial score (nSPS) is 17.2. The third-order valence-corrected chi connectivity index (χ3v) is 5.25. The van der Waals surface area contributed by atoms with E-state index in [1.165, 1.54) is 44.9 Å². The molecule has 0 amide bonds. The van der Waals surface area contributed by atoms with Crippen LogP contribution in [0.5, 0.6) is 0 Å². The van der Waals surface area contributed by atoms with E-state index in [0.29, 0.717) is 0 Å². The van der Waals surface area contributed by atoms with Gasteiger partial charge in [0.15, 0.2) is 5.96 Å². The van der Waals surface area contributed by atoms with E-state index in [9.17, 15) is 0 Å². The Morgan fingerprint density at radius 1 is 1.00 bits per heavy atom. The van der Waals surface area contributed by atoms with Gasteiger partial charge in [-0.25, -0.2) is 0 Å². The fourth-order valence-electron chi connectivity index (χ4n) is 3.29. The molecular weight excluding hydrogens is 427 g/mol. The number of hydrogen-bond donors (Lipinski definition) is 2. The van der Waals surface area contributed by atoms with E-state index < -0.39 is 0 Å². The van der Waals surface area contributed by atoms with Gasteiger partial charge in [0.25, 0.3) is 0 Å². The van der Waals surface area contributed by atoms with Crippen LogP contribution >= 0.6 is 24.0 Å². The average Bonchev–Trinajstić information content (AvgIpc) is 2.60. The number of nitrogens with zero attached hydrogens (tertiary/aromatic N) is 2. The van der Waals surface area contributed by atoms with Gasteiger partial charge in [-0.05, 0) is 33.4 Å². The van der Waals surface area contributed by atoms with Crippen LogP contribution in [0.25, 0.3) is 0 Å². The third kappa shape index (κ3) is 9.99. The largest absolute Gasteiger partial charge is 0.381 e. The molecule has 1 aliphatic heterocycles. The molecule has 2 N–H and O–H groups in total. The van der Waals surface area contributed by atoms with Gasteiger partial charge in [-0.3, -0.25) is 4.99 Å². The minimum Gasteiger partial charge on any atom is -0.381 e.